The summed E-state index contributed by atoms with van der Waals surface area (Å²) in [6.45, 7) is 11.8. The van der Waals surface area contributed by atoms with Crippen molar-refractivity contribution in [2.45, 2.75) is 144 Å². The molecule has 3 aliphatic heterocycles. The lowest BCUT2D eigenvalue weighted by atomic mass is 10.0. The molecule has 5 aromatic heterocycles. The molecule has 0 saturated carbocycles. The van der Waals surface area contributed by atoms with E-state index in [0.29, 0.717) is 69.9 Å². The fourth-order valence-corrected chi connectivity index (χ4v) is 19.2. The van der Waals surface area contributed by atoms with Crippen molar-refractivity contribution in [1.82, 2.24) is 49.5 Å². The summed E-state index contributed by atoms with van der Waals surface area (Å²) in [5, 5.41) is 34.4. The monoisotopic (exact) mass is 1500 g/mol. The summed E-state index contributed by atoms with van der Waals surface area (Å²) < 4.78 is 142. The van der Waals surface area contributed by atoms with E-state index in [1.807, 2.05) is 37.3 Å². The first-order chi connectivity index (χ1) is 47.4. The summed E-state index contributed by atoms with van der Waals surface area (Å²) in [6.07, 6.45) is 6.29. The van der Waals surface area contributed by atoms with Gasteiger partial charge in [0.25, 0.3) is 6.47 Å². The van der Waals surface area contributed by atoms with Gasteiger partial charge < -0.3 is 35.3 Å². The number of rotatable bonds is 13. The molecule has 2 aromatic carbocycles. The maximum absolute atomic E-state index is 13.0. The maximum Gasteiger partial charge on any atom is 0.436 e. The third-order valence-electron chi connectivity index (χ3n) is 13.4. The molecule has 4 atom stereocenters. The van der Waals surface area contributed by atoms with Crippen LogP contribution < -0.4 is 11.1 Å². The highest BCUT2D eigenvalue weighted by molar-refractivity contribution is 7.80. The number of halogens is 8. The SMILES string of the molecule is C.C#CC#CC#CC#CC#CC#CC#CC.CCCP1(=O)OP(=O)(CCC)OP(=O)(CCC)O1.C[C@@H]1C[C@H](Nc2c(N)cnc3ccc(Cl)cc23)CCO1.C[C@@H]1C[C@H](n2c(Cn3cc(C(F)(F)F)nn3)nc3cnc4ccc(Cl)cc4c32)CCO1.O=C(O)Cn1cc(C(F)(F)F)nn1.O=CO. The van der Waals surface area contributed by atoms with Gasteiger partial charge in [0.15, 0.2) is 11.4 Å². The number of nitrogens with zero attached hydrogens (tertiary/aromatic N) is 10. The minimum absolute atomic E-state index is 0. The molecule has 24 nitrogen and oxygen atoms in total. The molecule has 10 rings (SSSR count). The number of ether oxygens (including phenoxy) is 2. The molecular formula is C66H71Cl2F6N12O12P3. The highest BCUT2D eigenvalue weighted by Crippen LogP contribution is 2.82. The van der Waals surface area contributed by atoms with E-state index in [4.69, 9.17) is 77.8 Å². The van der Waals surface area contributed by atoms with Gasteiger partial charge in [-0.25, -0.2) is 27.3 Å². The Balaban J connectivity index is 0.000000274. The second-order valence-corrected chi connectivity index (χ2v) is 29.2. The van der Waals surface area contributed by atoms with E-state index in [2.05, 4.69) is 124 Å². The van der Waals surface area contributed by atoms with E-state index < -0.39 is 59.0 Å². The van der Waals surface area contributed by atoms with Crippen LogP contribution in [0.2, 0.25) is 10.0 Å². The number of carboxylic acid groups (broad SMARTS) is 2. The molecule has 0 aliphatic carbocycles. The van der Waals surface area contributed by atoms with Gasteiger partial charge in [0.2, 0.25) is 0 Å². The standard InChI is InChI=1S/C20H18ClF3N6O.C15H18ClN3O.C15H4.C9H21O6P3.C5H4F3N3O2.CH2O2.CH4/c1-11-6-13(4-5-31-11)30-18(10-29-9-17(27-28-29)20(22,23)24)26-16-8-25-15-3-2-12(21)7-14(15)19(16)30;1-9-6-11(4-5-20-9)19-15-12-7-10(16)2-3-14(12)18-8-13(15)17;1-3-5-7-9-11-13-15-14-12-10-8-6-4-2;1-4-7-16(10)13-17(11,8-5-2)15-18(12,14-16)9-6-3;6-5(7,8)3-1-11(10-9-3)2-4(12)13;2-1-3;/h2-3,7-9,11,13H,4-6,10H2,1H3;2-3,7-9,11H,4-6,17H2,1H3,(H,18,19);1H,2H3;4-9H2,1-3H3;1H,2H2,(H,12,13);1H,(H,2,3);1H4/t11-,13-;9-,11-;;;;;/m11...../s1. The molecular weight excluding hydrogens is 1430 g/mol. The van der Waals surface area contributed by atoms with Crippen molar-refractivity contribution in [2.24, 2.45) is 0 Å². The lowest BCUT2D eigenvalue weighted by Gasteiger charge is -2.33. The van der Waals surface area contributed by atoms with Gasteiger partial charge in [-0.3, -0.25) is 33.3 Å². The molecule has 5 N–H and O–H groups in total. The highest BCUT2D eigenvalue weighted by Gasteiger charge is 2.51. The van der Waals surface area contributed by atoms with Gasteiger partial charge in [-0.2, -0.15) is 26.3 Å². The number of aromatic nitrogens is 10. The van der Waals surface area contributed by atoms with Crippen LogP contribution in [0.25, 0.3) is 32.8 Å². The summed E-state index contributed by atoms with van der Waals surface area (Å²) in [5.74, 6) is 31.2. The Morgan fingerprint density at radius 2 is 1.17 bits per heavy atom. The number of pyridine rings is 2. The van der Waals surface area contributed by atoms with Crippen molar-refractivity contribution < 1.29 is 82.2 Å². The quantitative estimate of drug-likeness (QED) is 0.0361. The summed E-state index contributed by atoms with van der Waals surface area (Å²) in [6, 6.07) is 11.6. The number of hydrogen-bond acceptors (Lipinski definition) is 19. The number of anilines is 2. The maximum atomic E-state index is 13.0. The van der Waals surface area contributed by atoms with Crippen LogP contribution in [0, 0.1) is 83.4 Å². The number of alkyl halides is 6. The lowest BCUT2D eigenvalue weighted by Crippen LogP contribution is -2.32. The van der Waals surface area contributed by atoms with E-state index in [1.165, 1.54) is 0 Å². The third-order valence-corrected chi connectivity index (χ3v) is 22.8. The van der Waals surface area contributed by atoms with Crippen LogP contribution in [-0.2, 0) is 71.1 Å². The van der Waals surface area contributed by atoms with Crippen LogP contribution in [0.3, 0.4) is 0 Å². The van der Waals surface area contributed by atoms with Gasteiger partial charge in [0, 0.05) is 46.1 Å². The van der Waals surface area contributed by atoms with Crippen molar-refractivity contribution in [3.05, 3.63) is 88.4 Å². The summed E-state index contributed by atoms with van der Waals surface area (Å²) >= 11 is 12.3. The molecule has 0 radical (unpaired) electrons. The second-order valence-electron chi connectivity index (χ2n) is 21.3. The first-order valence-corrected chi connectivity index (χ1v) is 36.2. The second kappa shape index (κ2) is 40.5. The molecule has 0 unspecified atom stereocenters. The van der Waals surface area contributed by atoms with Crippen molar-refractivity contribution in [2.75, 3.05) is 42.7 Å². The van der Waals surface area contributed by atoms with E-state index in [1.54, 1.807) is 46.2 Å². The zero-order chi connectivity index (χ0) is 73.7. The third kappa shape index (κ3) is 27.2. The Morgan fingerprint density at radius 3 is 1.63 bits per heavy atom. The lowest BCUT2D eigenvalue weighted by molar-refractivity contribution is -0.142. The number of aliphatic carboxylic acids is 1. The van der Waals surface area contributed by atoms with Crippen LogP contribution in [-0.4, -0.2) is 122 Å². The van der Waals surface area contributed by atoms with E-state index in [0.717, 1.165) is 76.2 Å². The molecule has 3 fully saturated rings. The minimum Gasteiger partial charge on any atom is -0.483 e. The van der Waals surface area contributed by atoms with Crippen molar-refractivity contribution in [3.63, 3.8) is 0 Å². The molecule has 101 heavy (non-hydrogen) atoms. The predicted molar refractivity (Wildman–Crippen MR) is 372 cm³/mol. The number of imidazole rings is 1. The van der Waals surface area contributed by atoms with Crippen molar-refractivity contribution >= 4 is 103 Å². The first kappa shape index (κ1) is 84.5. The Bertz CT molecular complexity index is 4530. The number of nitrogen functional groups attached to an aromatic ring is 1. The minimum atomic E-state index is -4.59. The Labute approximate surface area is 589 Å². The van der Waals surface area contributed by atoms with Crippen LogP contribution >= 0.6 is 46.0 Å². The fraction of sp³-hybridized carbons (Fsp3) is 0.409. The fourth-order valence-electron chi connectivity index (χ4n) is 9.54. The Morgan fingerprint density at radius 1 is 0.713 bits per heavy atom. The number of benzene rings is 2. The van der Waals surface area contributed by atoms with Gasteiger partial charge in [-0.1, -0.05) is 67.7 Å². The van der Waals surface area contributed by atoms with Gasteiger partial charge in [-0.05, 0) is 173 Å². The van der Waals surface area contributed by atoms with E-state index in [-0.39, 0.29) is 57.2 Å². The number of nitrogens with one attached hydrogen (secondary N) is 1. The van der Waals surface area contributed by atoms with Crippen LogP contribution in [0.15, 0.2) is 61.2 Å². The van der Waals surface area contributed by atoms with Crippen LogP contribution in [0.1, 0.15) is 117 Å². The number of nitrogens with two attached hydrogens (primary N) is 1. The molecule has 35 heteroatoms. The largest absolute Gasteiger partial charge is 0.483 e. The average molecular weight is 1500 g/mol. The molecule has 0 amide bonds. The highest BCUT2D eigenvalue weighted by atomic mass is 35.5. The first-order valence-electron chi connectivity index (χ1n) is 30.3. The van der Waals surface area contributed by atoms with Crippen molar-refractivity contribution in [3.8, 4) is 83.4 Å². The topological polar surface area (TPSA) is 315 Å². The van der Waals surface area contributed by atoms with Crippen molar-refractivity contribution in [1.29, 1.82) is 0 Å². The van der Waals surface area contributed by atoms with E-state index in [9.17, 15) is 44.8 Å². The van der Waals surface area contributed by atoms with E-state index >= 15 is 0 Å². The number of carbonyl (C=O) groups is 2. The summed E-state index contributed by atoms with van der Waals surface area (Å²) in [7, 11) is -10.7. The number of carboxylic acids is 1. The smallest absolute Gasteiger partial charge is 0.436 e. The molecule has 3 saturated heterocycles. The predicted octanol–water partition coefficient (Wildman–Crippen LogP) is 14.3. The molecule has 7 aromatic rings. The summed E-state index contributed by atoms with van der Waals surface area (Å²) in [5.41, 5.74) is 8.61. The zero-order valence-electron chi connectivity index (χ0n) is 54.5. The number of terminal acetylenes is 1. The van der Waals surface area contributed by atoms with Crippen LogP contribution in [0.4, 0.5) is 37.7 Å². The molecule has 0 bridgehead atoms. The molecule has 538 valence electrons. The zero-order valence-corrected chi connectivity index (χ0v) is 58.7. The number of fused-ring (bicyclic) bond motifs is 4. The van der Waals surface area contributed by atoms with Gasteiger partial charge in [0.05, 0.1) is 83.4 Å². The van der Waals surface area contributed by atoms with Gasteiger partial charge >= 0.3 is 41.1 Å². The summed E-state index contributed by atoms with van der Waals surface area (Å²) in [4.78, 5) is 31.9. The van der Waals surface area contributed by atoms with Gasteiger partial charge in [0.1, 0.15) is 24.4 Å². The molecule has 3 aliphatic rings. The molecule has 8 heterocycles. The Kier molecular flexibility index (Phi) is 33.9. The molecule has 0 spiro atoms. The average Bonchev–Trinajstić information content (AvgIpc) is 1.71. The normalized spacial score (nSPS) is 20.1. The van der Waals surface area contributed by atoms with Gasteiger partial charge in [-0.15, -0.1) is 16.6 Å². The van der Waals surface area contributed by atoms with Crippen LogP contribution in [0.5, 0.6) is 0 Å². The Hall–Kier alpha value is -8.88. The number of hydrogen-bond donors (Lipinski definition) is 4.